The first-order valence-electron chi connectivity index (χ1n) is 3.56. The Balaban J connectivity index is 3.44. The van der Waals surface area contributed by atoms with Crippen LogP contribution in [-0.4, -0.2) is 10.2 Å². The minimum absolute atomic E-state index is 0.0551. The van der Waals surface area contributed by atoms with Gasteiger partial charge in [0.2, 0.25) is 0 Å². The first kappa shape index (κ1) is 12.0. The van der Waals surface area contributed by atoms with Crippen LogP contribution in [0, 0.1) is 11.3 Å². The van der Waals surface area contributed by atoms with Gasteiger partial charge in [-0.15, -0.1) is 0 Å². The SMILES string of the molecule is N#Cc1nc(C(F)F)c(Br)cc1C(=O)Cl. The summed E-state index contributed by atoms with van der Waals surface area (Å²) < 4.78 is 24.7. The molecule has 0 saturated carbocycles. The highest BCUT2D eigenvalue weighted by atomic mass is 79.9. The van der Waals surface area contributed by atoms with Crippen LogP contribution in [0.25, 0.3) is 0 Å². The van der Waals surface area contributed by atoms with Gasteiger partial charge in [0.25, 0.3) is 11.7 Å². The highest BCUT2D eigenvalue weighted by Gasteiger charge is 2.19. The summed E-state index contributed by atoms with van der Waals surface area (Å²) in [4.78, 5) is 14.2. The van der Waals surface area contributed by atoms with Crippen molar-refractivity contribution >= 4 is 32.8 Å². The molecule has 0 aliphatic heterocycles. The van der Waals surface area contributed by atoms with Crippen molar-refractivity contribution in [2.45, 2.75) is 6.43 Å². The number of carbonyl (C=O) groups is 1. The van der Waals surface area contributed by atoms with Gasteiger partial charge in [-0.3, -0.25) is 4.79 Å². The van der Waals surface area contributed by atoms with Crippen LogP contribution < -0.4 is 0 Å². The summed E-state index contributed by atoms with van der Waals surface area (Å²) in [7, 11) is 0. The van der Waals surface area contributed by atoms with Crippen molar-refractivity contribution in [2.75, 3.05) is 0 Å². The molecule has 0 unspecified atom stereocenters. The number of rotatable bonds is 2. The quantitative estimate of drug-likeness (QED) is 0.788. The van der Waals surface area contributed by atoms with Crippen LogP contribution >= 0.6 is 27.5 Å². The fourth-order valence-corrected chi connectivity index (χ4v) is 1.53. The first-order valence-corrected chi connectivity index (χ1v) is 4.73. The van der Waals surface area contributed by atoms with Crippen molar-refractivity contribution < 1.29 is 13.6 Å². The molecule has 78 valence electrons. The number of nitriles is 1. The molecule has 0 aliphatic rings. The molecule has 15 heavy (non-hydrogen) atoms. The van der Waals surface area contributed by atoms with E-state index < -0.39 is 23.1 Å². The van der Waals surface area contributed by atoms with Crippen LogP contribution in [0.15, 0.2) is 10.5 Å². The molecule has 0 amide bonds. The Bertz CT molecular complexity index is 459. The van der Waals surface area contributed by atoms with Crippen molar-refractivity contribution in [1.82, 2.24) is 4.98 Å². The van der Waals surface area contributed by atoms with Gasteiger partial charge in [0, 0.05) is 4.47 Å². The van der Waals surface area contributed by atoms with E-state index in [0.717, 1.165) is 6.07 Å². The average Bonchev–Trinajstić information content (AvgIpc) is 2.16. The highest BCUT2D eigenvalue weighted by Crippen LogP contribution is 2.27. The molecular weight excluding hydrogens is 293 g/mol. The third kappa shape index (κ3) is 2.49. The Morgan fingerprint density at radius 1 is 1.67 bits per heavy atom. The smallest absolute Gasteiger partial charge is 0.275 e. The van der Waals surface area contributed by atoms with E-state index in [1.165, 1.54) is 6.07 Å². The fourth-order valence-electron chi connectivity index (χ4n) is 0.891. The molecule has 1 aromatic heterocycles. The second-order valence-corrected chi connectivity index (χ2v) is 3.64. The van der Waals surface area contributed by atoms with Gasteiger partial charge in [-0.05, 0) is 33.6 Å². The molecule has 0 radical (unpaired) electrons. The monoisotopic (exact) mass is 294 g/mol. The normalized spacial score (nSPS) is 10.1. The number of pyridine rings is 1. The summed E-state index contributed by atoms with van der Waals surface area (Å²) >= 11 is 7.97. The lowest BCUT2D eigenvalue weighted by molar-refractivity contribution is 0.107. The van der Waals surface area contributed by atoms with Gasteiger partial charge in [0.15, 0.2) is 5.69 Å². The topological polar surface area (TPSA) is 53.8 Å². The number of alkyl halides is 2. The molecule has 0 aromatic carbocycles. The third-order valence-corrected chi connectivity index (χ3v) is 2.37. The molecule has 1 aromatic rings. The van der Waals surface area contributed by atoms with Crippen LogP contribution in [-0.2, 0) is 0 Å². The Labute approximate surface area is 96.8 Å². The second kappa shape index (κ2) is 4.64. The summed E-state index contributed by atoms with van der Waals surface area (Å²) in [5.41, 5.74) is -1.20. The van der Waals surface area contributed by atoms with Gasteiger partial charge < -0.3 is 0 Å². The number of nitrogens with zero attached hydrogens (tertiary/aromatic N) is 2. The number of carbonyl (C=O) groups excluding carboxylic acids is 1. The van der Waals surface area contributed by atoms with Gasteiger partial charge in [-0.2, -0.15) is 5.26 Å². The zero-order valence-corrected chi connectivity index (χ0v) is 9.31. The first-order chi connectivity index (χ1) is 6.97. The van der Waals surface area contributed by atoms with Crippen LogP contribution in [0.3, 0.4) is 0 Å². The van der Waals surface area contributed by atoms with Crippen molar-refractivity contribution in [3.05, 3.63) is 27.5 Å². The van der Waals surface area contributed by atoms with Crippen LogP contribution in [0.1, 0.15) is 28.2 Å². The molecule has 7 heteroatoms. The molecule has 0 bridgehead atoms. The standard InChI is InChI=1S/C8H2BrClF2N2O/c9-4-1-3(7(10)15)5(2-13)14-6(4)8(11)12/h1,8H. The molecule has 1 heterocycles. The largest absolute Gasteiger partial charge is 0.281 e. The molecule has 0 aliphatic carbocycles. The Kier molecular flexibility index (Phi) is 3.72. The second-order valence-electron chi connectivity index (χ2n) is 2.44. The Morgan fingerprint density at radius 2 is 2.27 bits per heavy atom. The van der Waals surface area contributed by atoms with E-state index in [1.54, 1.807) is 0 Å². The van der Waals surface area contributed by atoms with Gasteiger partial charge in [0.05, 0.1) is 5.56 Å². The zero-order chi connectivity index (χ0) is 11.6. The number of hydrogen-bond donors (Lipinski definition) is 0. The predicted octanol–water partition coefficient (Wildman–Crippen LogP) is 3.03. The van der Waals surface area contributed by atoms with Crippen molar-refractivity contribution in [2.24, 2.45) is 0 Å². The molecule has 0 atom stereocenters. The fraction of sp³-hybridized carbons (Fsp3) is 0.125. The van der Waals surface area contributed by atoms with Gasteiger partial charge >= 0.3 is 0 Å². The van der Waals surface area contributed by atoms with Crippen LogP contribution in [0.5, 0.6) is 0 Å². The van der Waals surface area contributed by atoms with E-state index in [4.69, 9.17) is 16.9 Å². The number of halogens is 4. The molecule has 3 nitrogen and oxygen atoms in total. The zero-order valence-electron chi connectivity index (χ0n) is 6.97. The van der Waals surface area contributed by atoms with Gasteiger partial charge in [-0.1, -0.05) is 0 Å². The molecule has 0 spiro atoms. The molecule has 0 saturated heterocycles. The van der Waals surface area contributed by atoms with Crippen molar-refractivity contribution in [3.63, 3.8) is 0 Å². The van der Waals surface area contributed by atoms with E-state index in [9.17, 15) is 13.6 Å². The lowest BCUT2D eigenvalue weighted by atomic mass is 10.2. The minimum atomic E-state index is -2.83. The van der Waals surface area contributed by atoms with Crippen molar-refractivity contribution in [1.29, 1.82) is 5.26 Å². The molecular formula is C8H2BrClF2N2O. The lowest BCUT2D eigenvalue weighted by Crippen LogP contribution is -2.02. The number of aromatic nitrogens is 1. The van der Waals surface area contributed by atoms with E-state index in [0.29, 0.717) is 0 Å². The Hall–Kier alpha value is -1.06. The summed E-state index contributed by atoms with van der Waals surface area (Å²) in [5.74, 6) is 0. The van der Waals surface area contributed by atoms with Crippen LogP contribution in [0.2, 0.25) is 0 Å². The highest BCUT2D eigenvalue weighted by molar-refractivity contribution is 9.10. The minimum Gasteiger partial charge on any atom is -0.275 e. The maximum atomic E-state index is 12.4. The summed E-state index contributed by atoms with van der Waals surface area (Å²) in [6, 6.07) is 2.59. The van der Waals surface area contributed by atoms with Crippen LogP contribution in [0.4, 0.5) is 8.78 Å². The van der Waals surface area contributed by atoms with E-state index in [2.05, 4.69) is 20.9 Å². The van der Waals surface area contributed by atoms with Crippen molar-refractivity contribution in [3.8, 4) is 6.07 Å². The maximum absolute atomic E-state index is 12.4. The summed E-state index contributed by atoms with van der Waals surface area (Å²) in [6.45, 7) is 0. The van der Waals surface area contributed by atoms with E-state index in [-0.39, 0.29) is 10.0 Å². The van der Waals surface area contributed by atoms with E-state index in [1.807, 2.05) is 0 Å². The summed E-state index contributed by atoms with van der Waals surface area (Å²) in [5, 5.41) is 7.66. The maximum Gasteiger partial charge on any atom is 0.281 e. The third-order valence-electron chi connectivity index (χ3n) is 1.53. The lowest BCUT2D eigenvalue weighted by Gasteiger charge is -2.04. The predicted molar refractivity (Wildman–Crippen MR) is 51.8 cm³/mol. The molecule has 1 rings (SSSR count). The van der Waals surface area contributed by atoms with E-state index >= 15 is 0 Å². The average molecular weight is 295 g/mol. The van der Waals surface area contributed by atoms with Gasteiger partial charge in [0.1, 0.15) is 11.8 Å². The molecule has 0 fully saturated rings. The molecule has 0 N–H and O–H groups in total. The number of hydrogen-bond acceptors (Lipinski definition) is 3. The van der Waals surface area contributed by atoms with Gasteiger partial charge in [-0.25, -0.2) is 13.8 Å². The summed E-state index contributed by atoms with van der Waals surface area (Å²) in [6.07, 6.45) is -2.83. The Morgan fingerprint density at radius 3 is 2.67 bits per heavy atom.